The molecule has 114 valence electrons. The van der Waals surface area contributed by atoms with E-state index in [1.165, 1.54) is 0 Å². The summed E-state index contributed by atoms with van der Waals surface area (Å²) in [6.07, 6.45) is 0. The smallest absolute Gasteiger partial charge is 0.251 e. The number of hydrogen-bond donors (Lipinski definition) is 4. The number of alkyl halides is 1. The Morgan fingerprint density at radius 2 is 1.95 bits per heavy atom. The molecule has 2 amide bonds. The Kier molecular flexibility index (Phi) is 6.68. The lowest BCUT2D eigenvalue weighted by molar-refractivity contribution is -0.120. The summed E-state index contributed by atoms with van der Waals surface area (Å²) >= 11 is 5.49. The highest BCUT2D eigenvalue weighted by Gasteiger charge is 2.25. The van der Waals surface area contributed by atoms with Crippen LogP contribution in [0.4, 0.5) is 0 Å². The van der Waals surface area contributed by atoms with Crippen LogP contribution in [0.5, 0.6) is 0 Å². The Morgan fingerprint density at radius 1 is 1.33 bits per heavy atom. The number of nitrogens with one attached hydrogen (secondary N) is 3. The Labute approximate surface area is 128 Å². The lowest BCUT2D eigenvalue weighted by atomic mass is 10.0. The van der Waals surface area contributed by atoms with Gasteiger partial charge in [-0.05, 0) is 12.1 Å². The molecule has 0 aliphatic carbocycles. The van der Waals surface area contributed by atoms with E-state index in [2.05, 4.69) is 10.6 Å². The van der Waals surface area contributed by atoms with Crippen LogP contribution in [-0.4, -0.2) is 36.1 Å². The second-order valence-electron chi connectivity index (χ2n) is 4.69. The summed E-state index contributed by atoms with van der Waals surface area (Å²) in [5.74, 6) is -1.05. The zero-order chi connectivity index (χ0) is 15.8. The SMILES string of the molecule is CC(CNC(=N)CCl)C(NC(=O)c1ccccc1)C(N)=O. The van der Waals surface area contributed by atoms with Crippen molar-refractivity contribution in [3.05, 3.63) is 35.9 Å². The van der Waals surface area contributed by atoms with Crippen molar-refractivity contribution < 1.29 is 9.59 Å². The number of benzene rings is 1. The molecular weight excluding hydrogens is 292 g/mol. The average molecular weight is 311 g/mol. The van der Waals surface area contributed by atoms with E-state index in [-0.39, 0.29) is 23.5 Å². The fourth-order valence-corrected chi connectivity index (χ4v) is 1.85. The van der Waals surface area contributed by atoms with Crippen molar-refractivity contribution in [1.29, 1.82) is 5.41 Å². The molecule has 0 bridgehead atoms. The second kappa shape index (κ2) is 8.26. The van der Waals surface area contributed by atoms with Crippen LogP contribution in [0.3, 0.4) is 0 Å². The third kappa shape index (κ3) is 5.43. The highest BCUT2D eigenvalue weighted by atomic mass is 35.5. The van der Waals surface area contributed by atoms with Crippen molar-refractivity contribution >= 4 is 29.3 Å². The van der Waals surface area contributed by atoms with Gasteiger partial charge in [0.1, 0.15) is 11.9 Å². The summed E-state index contributed by atoms with van der Waals surface area (Å²) in [5, 5.41) is 12.8. The molecule has 0 aliphatic heterocycles. The van der Waals surface area contributed by atoms with Gasteiger partial charge in [0.05, 0.1) is 5.88 Å². The first kappa shape index (κ1) is 17.0. The fourth-order valence-electron chi connectivity index (χ4n) is 1.76. The molecule has 0 fully saturated rings. The first-order valence-electron chi connectivity index (χ1n) is 6.48. The van der Waals surface area contributed by atoms with Gasteiger partial charge < -0.3 is 16.4 Å². The number of nitrogens with two attached hydrogens (primary N) is 1. The van der Waals surface area contributed by atoms with Gasteiger partial charge in [0, 0.05) is 18.0 Å². The van der Waals surface area contributed by atoms with Gasteiger partial charge in [-0.15, -0.1) is 11.6 Å². The minimum atomic E-state index is -0.826. The van der Waals surface area contributed by atoms with E-state index in [9.17, 15) is 9.59 Å². The monoisotopic (exact) mass is 310 g/mol. The molecule has 0 heterocycles. The third-order valence-electron chi connectivity index (χ3n) is 2.97. The highest BCUT2D eigenvalue weighted by Crippen LogP contribution is 2.05. The summed E-state index contributed by atoms with van der Waals surface area (Å²) in [5.41, 5.74) is 5.80. The normalized spacial score (nSPS) is 13.0. The van der Waals surface area contributed by atoms with Crippen LogP contribution < -0.4 is 16.4 Å². The Morgan fingerprint density at radius 3 is 2.48 bits per heavy atom. The largest absolute Gasteiger partial charge is 0.373 e. The van der Waals surface area contributed by atoms with Gasteiger partial charge in [-0.2, -0.15) is 0 Å². The molecule has 0 spiro atoms. The standard InChI is InChI=1S/C14H19ClN4O2/c1-9(8-18-11(16)7-15)12(13(17)20)19-14(21)10-5-3-2-4-6-10/h2-6,9,12H,7-8H2,1H3,(H2,16,18)(H2,17,20)(H,19,21). The maximum atomic E-state index is 12.1. The van der Waals surface area contributed by atoms with Crippen molar-refractivity contribution in [1.82, 2.24) is 10.6 Å². The van der Waals surface area contributed by atoms with E-state index in [0.29, 0.717) is 12.1 Å². The zero-order valence-electron chi connectivity index (χ0n) is 11.7. The summed E-state index contributed by atoms with van der Waals surface area (Å²) in [4.78, 5) is 23.6. The van der Waals surface area contributed by atoms with Crippen LogP contribution in [0.15, 0.2) is 30.3 Å². The minimum Gasteiger partial charge on any atom is -0.373 e. The molecule has 0 aromatic heterocycles. The third-order valence-corrected chi connectivity index (χ3v) is 3.24. The predicted molar refractivity (Wildman–Crippen MR) is 82.5 cm³/mol. The summed E-state index contributed by atoms with van der Waals surface area (Å²) in [6, 6.07) is 7.75. The van der Waals surface area contributed by atoms with Crippen molar-refractivity contribution in [2.45, 2.75) is 13.0 Å². The van der Waals surface area contributed by atoms with Crippen molar-refractivity contribution in [2.24, 2.45) is 11.7 Å². The van der Waals surface area contributed by atoms with Gasteiger partial charge >= 0.3 is 0 Å². The molecule has 2 atom stereocenters. The Hall–Kier alpha value is -2.08. The number of primary amides is 1. The summed E-state index contributed by atoms with van der Waals surface area (Å²) < 4.78 is 0. The topological polar surface area (TPSA) is 108 Å². The summed E-state index contributed by atoms with van der Waals surface area (Å²) in [6.45, 7) is 2.07. The predicted octanol–water partition coefficient (Wildman–Crippen LogP) is 0.712. The molecule has 1 aromatic rings. The van der Waals surface area contributed by atoms with Gasteiger partial charge in [-0.25, -0.2) is 0 Å². The number of carbonyl (C=O) groups excluding carboxylic acids is 2. The number of hydrogen-bond acceptors (Lipinski definition) is 3. The van der Waals surface area contributed by atoms with Gasteiger partial charge in [0.25, 0.3) is 5.91 Å². The molecular formula is C14H19ClN4O2. The van der Waals surface area contributed by atoms with Gasteiger partial charge in [-0.1, -0.05) is 25.1 Å². The molecule has 1 rings (SSSR count). The molecule has 2 unspecified atom stereocenters. The van der Waals surface area contributed by atoms with E-state index < -0.39 is 11.9 Å². The van der Waals surface area contributed by atoms with E-state index in [1.54, 1.807) is 37.3 Å². The fraction of sp³-hybridized carbons (Fsp3) is 0.357. The maximum Gasteiger partial charge on any atom is 0.251 e. The van der Waals surface area contributed by atoms with Crippen molar-refractivity contribution in [2.75, 3.05) is 12.4 Å². The van der Waals surface area contributed by atoms with Crippen LogP contribution in [0.1, 0.15) is 17.3 Å². The number of halogens is 1. The van der Waals surface area contributed by atoms with E-state index in [1.807, 2.05) is 0 Å². The molecule has 0 aliphatic rings. The van der Waals surface area contributed by atoms with Gasteiger partial charge in [-0.3, -0.25) is 15.0 Å². The molecule has 0 saturated carbocycles. The molecule has 1 aromatic carbocycles. The molecule has 0 radical (unpaired) electrons. The molecule has 21 heavy (non-hydrogen) atoms. The van der Waals surface area contributed by atoms with Gasteiger partial charge in [0.15, 0.2) is 0 Å². The molecule has 7 heteroatoms. The Balaban J connectivity index is 2.67. The van der Waals surface area contributed by atoms with Crippen LogP contribution in [0.2, 0.25) is 0 Å². The highest BCUT2D eigenvalue weighted by molar-refractivity contribution is 6.27. The van der Waals surface area contributed by atoms with E-state index >= 15 is 0 Å². The van der Waals surface area contributed by atoms with Crippen LogP contribution in [-0.2, 0) is 4.79 Å². The summed E-state index contributed by atoms with van der Waals surface area (Å²) in [7, 11) is 0. The quantitative estimate of drug-likeness (QED) is 0.338. The van der Waals surface area contributed by atoms with Gasteiger partial charge in [0.2, 0.25) is 5.91 Å². The number of amides is 2. The van der Waals surface area contributed by atoms with E-state index in [4.69, 9.17) is 22.7 Å². The second-order valence-corrected chi connectivity index (χ2v) is 4.96. The van der Waals surface area contributed by atoms with Crippen LogP contribution in [0.25, 0.3) is 0 Å². The number of amidine groups is 1. The Bertz CT molecular complexity index is 507. The van der Waals surface area contributed by atoms with Crippen molar-refractivity contribution in [3.8, 4) is 0 Å². The zero-order valence-corrected chi connectivity index (χ0v) is 12.5. The number of carbonyl (C=O) groups is 2. The molecule has 6 nitrogen and oxygen atoms in total. The maximum absolute atomic E-state index is 12.1. The molecule has 0 saturated heterocycles. The minimum absolute atomic E-state index is 0.0599. The molecule has 5 N–H and O–H groups in total. The first-order chi connectivity index (χ1) is 9.95. The van der Waals surface area contributed by atoms with E-state index in [0.717, 1.165) is 0 Å². The average Bonchev–Trinajstić information content (AvgIpc) is 2.50. The first-order valence-corrected chi connectivity index (χ1v) is 7.01. The van der Waals surface area contributed by atoms with Crippen LogP contribution >= 0.6 is 11.6 Å². The van der Waals surface area contributed by atoms with Crippen molar-refractivity contribution in [3.63, 3.8) is 0 Å². The van der Waals surface area contributed by atoms with Crippen LogP contribution in [0, 0.1) is 11.3 Å². The lowest BCUT2D eigenvalue weighted by Gasteiger charge is -2.23. The number of rotatable bonds is 7. The lowest BCUT2D eigenvalue weighted by Crippen LogP contribution is -2.51.